The zero-order chi connectivity index (χ0) is 28.9. The van der Waals surface area contributed by atoms with E-state index in [1.165, 1.54) is 43.4 Å². The van der Waals surface area contributed by atoms with Crippen molar-refractivity contribution in [3.63, 3.8) is 0 Å². The summed E-state index contributed by atoms with van der Waals surface area (Å²) < 4.78 is 14.6. The van der Waals surface area contributed by atoms with E-state index in [1.807, 2.05) is 0 Å². The number of allylic oxidation sites excluding steroid dienone is 2. The molecular formula is C27H20Cl2FN3O7. The molecule has 6 atom stereocenters. The number of rotatable bonds is 3. The van der Waals surface area contributed by atoms with E-state index in [1.54, 1.807) is 6.08 Å². The predicted octanol–water partition coefficient (Wildman–Crippen LogP) is 3.63. The molecule has 0 aromatic heterocycles. The summed E-state index contributed by atoms with van der Waals surface area (Å²) in [5.41, 5.74) is 0.252. The van der Waals surface area contributed by atoms with E-state index in [9.17, 15) is 38.8 Å². The fourth-order valence-corrected chi connectivity index (χ4v) is 7.84. The van der Waals surface area contributed by atoms with Gasteiger partial charge in [0.15, 0.2) is 21.3 Å². The maximum absolute atomic E-state index is 14.6. The van der Waals surface area contributed by atoms with Crippen LogP contribution in [0.5, 0.6) is 5.75 Å². The number of aromatic hydroxyl groups is 1. The van der Waals surface area contributed by atoms with Crippen LogP contribution in [0.25, 0.3) is 0 Å². The minimum absolute atomic E-state index is 0.0668. The number of hydrogen-bond acceptors (Lipinski definition) is 7. The largest absolute Gasteiger partial charge is 0.505 e. The van der Waals surface area contributed by atoms with Crippen molar-refractivity contribution in [2.45, 2.75) is 28.5 Å². The Labute approximate surface area is 236 Å². The van der Waals surface area contributed by atoms with Gasteiger partial charge in [-0.15, -0.1) is 23.2 Å². The van der Waals surface area contributed by atoms with Crippen molar-refractivity contribution in [2.75, 3.05) is 11.9 Å². The highest BCUT2D eigenvalue weighted by atomic mass is 35.5. The first-order valence-electron chi connectivity index (χ1n) is 12.3. The van der Waals surface area contributed by atoms with Crippen molar-refractivity contribution < 1.29 is 33.6 Å². The number of non-ortho nitro benzene ring substituents is 1. The standard InChI is InChI=1S/C27H20Cl2FN3O7/c1-31-24(37)26(28)11-17-14(20(27(26,29)25(31)38)16-3-2-4-18(30)21(16)34)9-10-15-19(17)23(36)32(22(15)35)12-5-7-13(8-6-12)33(39)40/h2-9,15,17,19-20,34H,10-11H2,1H3/t15-,17+,19-,20+,26+,27-/m0/s1. The van der Waals surface area contributed by atoms with Gasteiger partial charge < -0.3 is 5.11 Å². The lowest BCUT2D eigenvalue weighted by Gasteiger charge is -2.50. The number of carbonyl (C=O) groups excluding carboxylic acids is 4. The number of nitro benzene ring substituents is 1. The summed E-state index contributed by atoms with van der Waals surface area (Å²) in [6.45, 7) is 0. The van der Waals surface area contributed by atoms with E-state index in [4.69, 9.17) is 23.2 Å². The second kappa shape index (κ2) is 8.58. The Balaban J connectivity index is 1.50. The summed E-state index contributed by atoms with van der Waals surface area (Å²) in [6.07, 6.45) is 1.46. The molecule has 4 aliphatic rings. The van der Waals surface area contributed by atoms with Crippen LogP contribution in [0, 0.1) is 33.7 Å². The second-order valence-corrected chi connectivity index (χ2v) is 11.7. The van der Waals surface area contributed by atoms with Gasteiger partial charge in [-0.1, -0.05) is 23.8 Å². The Morgan fingerprint density at radius 2 is 1.70 bits per heavy atom. The Morgan fingerprint density at radius 1 is 1.02 bits per heavy atom. The molecular weight excluding hydrogens is 568 g/mol. The topological polar surface area (TPSA) is 138 Å². The Kier molecular flexibility index (Phi) is 5.66. The molecule has 40 heavy (non-hydrogen) atoms. The number of carbonyl (C=O) groups is 4. The van der Waals surface area contributed by atoms with Gasteiger partial charge in [0.2, 0.25) is 11.8 Å². The number of benzene rings is 2. The van der Waals surface area contributed by atoms with Gasteiger partial charge in [-0.25, -0.2) is 4.39 Å². The molecule has 206 valence electrons. The van der Waals surface area contributed by atoms with Gasteiger partial charge in [0.05, 0.1) is 22.4 Å². The van der Waals surface area contributed by atoms with Crippen LogP contribution in [0.15, 0.2) is 54.1 Å². The third-order valence-electron chi connectivity index (χ3n) is 8.66. The van der Waals surface area contributed by atoms with Gasteiger partial charge in [-0.3, -0.25) is 39.1 Å². The van der Waals surface area contributed by atoms with E-state index < -0.39 is 73.5 Å². The van der Waals surface area contributed by atoms with Crippen molar-refractivity contribution in [1.82, 2.24) is 4.90 Å². The number of nitrogens with zero attached hydrogens (tertiary/aromatic N) is 3. The van der Waals surface area contributed by atoms with Crippen molar-refractivity contribution >= 4 is 58.2 Å². The molecule has 6 rings (SSSR count). The van der Waals surface area contributed by atoms with E-state index in [0.717, 1.165) is 15.9 Å². The SMILES string of the molecule is CN1C(=O)[C@]2(Cl)C[C@@H]3C(=CC[C@@H]4C(=O)N(c5ccc([N+](=O)[O-])cc5)C(=O)[C@@H]43)[C@H](c3cccc(F)c3O)[C@]2(Cl)C1=O. The Morgan fingerprint density at radius 3 is 2.35 bits per heavy atom. The fourth-order valence-electron chi connectivity index (χ4n) is 6.83. The normalized spacial score (nSPS) is 33.0. The van der Waals surface area contributed by atoms with Gasteiger partial charge >= 0.3 is 0 Å². The van der Waals surface area contributed by atoms with Gasteiger partial charge in [0.25, 0.3) is 17.5 Å². The zero-order valence-corrected chi connectivity index (χ0v) is 22.2. The van der Waals surface area contributed by atoms with Crippen LogP contribution in [0.2, 0.25) is 0 Å². The summed E-state index contributed by atoms with van der Waals surface area (Å²) in [5.74, 6) is -8.51. The first-order valence-corrected chi connectivity index (χ1v) is 13.1. The maximum atomic E-state index is 14.6. The molecule has 0 unspecified atom stereocenters. The van der Waals surface area contributed by atoms with Crippen molar-refractivity contribution in [3.05, 3.63) is 75.6 Å². The van der Waals surface area contributed by atoms with E-state index >= 15 is 0 Å². The van der Waals surface area contributed by atoms with Crippen molar-refractivity contribution in [3.8, 4) is 5.75 Å². The summed E-state index contributed by atoms with van der Waals surface area (Å²) >= 11 is 14.0. The molecule has 3 fully saturated rings. The lowest BCUT2D eigenvalue weighted by atomic mass is 9.56. The molecule has 2 aliphatic heterocycles. The third kappa shape index (κ3) is 3.15. The number of anilines is 1. The quantitative estimate of drug-likeness (QED) is 0.190. The average molecular weight is 588 g/mol. The van der Waals surface area contributed by atoms with Crippen molar-refractivity contribution in [1.29, 1.82) is 0 Å². The molecule has 4 amide bonds. The van der Waals surface area contributed by atoms with Gasteiger partial charge in [-0.2, -0.15) is 0 Å². The minimum atomic E-state index is -2.15. The highest BCUT2D eigenvalue weighted by Crippen LogP contribution is 2.66. The predicted molar refractivity (Wildman–Crippen MR) is 139 cm³/mol. The van der Waals surface area contributed by atoms with E-state index in [2.05, 4.69) is 0 Å². The first-order chi connectivity index (χ1) is 18.8. The molecule has 1 N–H and O–H groups in total. The molecule has 2 aromatic rings. The number of para-hydroxylation sites is 1. The summed E-state index contributed by atoms with van der Waals surface area (Å²) in [5, 5.41) is 21.8. The second-order valence-electron chi connectivity index (χ2n) is 10.5. The fraction of sp³-hybridized carbons (Fsp3) is 0.333. The Bertz CT molecular complexity index is 1580. The van der Waals surface area contributed by atoms with E-state index in [0.29, 0.717) is 5.57 Å². The number of halogens is 3. The highest BCUT2D eigenvalue weighted by molar-refractivity contribution is 6.53. The van der Waals surface area contributed by atoms with Crippen LogP contribution in [-0.4, -0.2) is 55.4 Å². The van der Waals surface area contributed by atoms with E-state index in [-0.39, 0.29) is 29.8 Å². The van der Waals surface area contributed by atoms with Gasteiger partial charge in [0, 0.05) is 30.7 Å². The van der Waals surface area contributed by atoms with Gasteiger partial charge in [-0.05, 0) is 37.0 Å². The maximum Gasteiger partial charge on any atom is 0.269 e. The number of likely N-dealkylation sites (tertiary alicyclic amines) is 1. The molecule has 1 saturated carbocycles. The molecule has 0 spiro atoms. The number of imide groups is 2. The Hall–Kier alpha value is -3.83. The van der Waals surface area contributed by atoms with Crippen LogP contribution in [0.1, 0.15) is 24.3 Å². The van der Waals surface area contributed by atoms with Crippen molar-refractivity contribution in [2.24, 2.45) is 17.8 Å². The number of phenolic OH excluding ortho intramolecular Hbond substituents is 1. The molecule has 13 heteroatoms. The zero-order valence-electron chi connectivity index (χ0n) is 20.7. The molecule has 0 radical (unpaired) electrons. The summed E-state index contributed by atoms with van der Waals surface area (Å²) in [6, 6.07) is 8.68. The average Bonchev–Trinajstić information content (AvgIpc) is 3.25. The lowest BCUT2D eigenvalue weighted by molar-refractivity contribution is -0.384. The monoisotopic (exact) mass is 587 g/mol. The highest BCUT2D eigenvalue weighted by Gasteiger charge is 2.76. The van der Waals surface area contributed by atoms with Crippen LogP contribution in [-0.2, 0) is 19.2 Å². The number of amides is 4. The first kappa shape index (κ1) is 26.4. The van der Waals surface area contributed by atoms with Crippen LogP contribution in [0.4, 0.5) is 15.8 Å². The van der Waals surface area contributed by atoms with Crippen LogP contribution >= 0.6 is 23.2 Å². The number of nitro groups is 1. The van der Waals surface area contributed by atoms with Crippen LogP contribution in [0.3, 0.4) is 0 Å². The number of alkyl halides is 2. The molecule has 2 saturated heterocycles. The molecule has 0 bridgehead atoms. The molecule has 2 aliphatic carbocycles. The number of fused-ring (bicyclic) bond motifs is 4. The lowest BCUT2D eigenvalue weighted by Crippen LogP contribution is -2.60. The third-order valence-corrected chi connectivity index (χ3v) is 10.1. The molecule has 2 heterocycles. The van der Waals surface area contributed by atoms with Crippen LogP contribution < -0.4 is 4.90 Å². The number of phenols is 1. The number of hydrogen-bond donors (Lipinski definition) is 1. The smallest absolute Gasteiger partial charge is 0.269 e. The summed E-state index contributed by atoms with van der Waals surface area (Å²) in [4.78, 5) is 62.3. The molecule has 2 aromatic carbocycles. The minimum Gasteiger partial charge on any atom is -0.505 e. The van der Waals surface area contributed by atoms with Gasteiger partial charge in [0.1, 0.15) is 0 Å². The molecule has 10 nitrogen and oxygen atoms in total. The summed E-state index contributed by atoms with van der Waals surface area (Å²) in [7, 11) is 1.22.